The van der Waals surface area contributed by atoms with E-state index in [1.165, 1.54) is 11.7 Å². The Morgan fingerprint density at radius 2 is 1.82 bits per heavy atom. The molecule has 0 unspecified atom stereocenters. The first-order valence-corrected chi connectivity index (χ1v) is 11.3. The van der Waals surface area contributed by atoms with Crippen LogP contribution in [0.5, 0.6) is 5.75 Å². The van der Waals surface area contributed by atoms with E-state index < -0.39 is 11.2 Å². The molecule has 0 radical (unpaired) electrons. The number of H-pyrrole nitrogens is 1. The Morgan fingerprint density at radius 1 is 1.12 bits per heavy atom. The Morgan fingerprint density at radius 3 is 2.53 bits per heavy atom. The molecule has 1 heterocycles. The van der Waals surface area contributed by atoms with Crippen molar-refractivity contribution in [3.05, 3.63) is 81.0 Å². The van der Waals surface area contributed by atoms with Gasteiger partial charge >= 0.3 is 5.69 Å². The van der Waals surface area contributed by atoms with Crippen molar-refractivity contribution >= 4 is 23.1 Å². The maximum absolute atomic E-state index is 12.8. The molecule has 0 spiro atoms. The highest BCUT2D eigenvalue weighted by molar-refractivity contribution is 5.92. The molecule has 3 rings (SSSR count). The molecule has 0 saturated carbocycles. The third-order valence-corrected chi connectivity index (χ3v) is 5.47. The van der Waals surface area contributed by atoms with E-state index in [4.69, 9.17) is 10.5 Å². The second kappa shape index (κ2) is 11.7. The Hall–Kier alpha value is -4.01. The molecule has 0 aliphatic rings. The van der Waals surface area contributed by atoms with Crippen molar-refractivity contribution in [2.24, 2.45) is 0 Å². The topological polar surface area (TPSA) is 122 Å². The number of amides is 1. The standard InChI is InChI=1S/C25H31N5O4/c1-3-4-15-30-23(26)22(24(32)28-25(30)33)29(17-18-10-6-5-7-11-18)16-14-21(31)27-19-12-8-9-13-20(19)34-2/h5-13H,3-4,14-17,26H2,1-2H3,(H,27,31)(H,28,32,33). The molecule has 0 aliphatic heterocycles. The van der Waals surface area contributed by atoms with E-state index in [9.17, 15) is 14.4 Å². The van der Waals surface area contributed by atoms with Crippen molar-refractivity contribution in [1.82, 2.24) is 9.55 Å². The number of aromatic nitrogens is 2. The number of nitrogen functional groups attached to an aromatic ring is 1. The summed E-state index contributed by atoms with van der Waals surface area (Å²) >= 11 is 0. The zero-order valence-corrected chi connectivity index (χ0v) is 19.5. The number of carbonyl (C=O) groups is 1. The number of ether oxygens (including phenoxy) is 1. The Bertz CT molecular complexity index is 1220. The third-order valence-electron chi connectivity index (χ3n) is 5.47. The van der Waals surface area contributed by atoms with Gasteiger partial charge in [-0.3, -0.25) is 19.1 Å². The molecule has 4 N–H and O–H groups in total. The second-order valence-corrected chi connectivity index (χ2v) is 7.90. The van der Waals surface area contributed by atoms with Gasteiger partial charge in [0.1, 0.15) is 17.3 Å². The van der Waals surface area contributed by atoms with Gasteiger partial charge < -0.3 is 20.7 Å². The second-order valence-electron chi connectivity index (χ2n) is 7.90. The van der Waals surface area contributed by atoms with E-state index in [1.807, 2.05) is 43.3 Å². The number of anilines is 3. The molecule has 1 amide bonds. The molecule has 0 saturated heterocycles. The summed E-state index contributed by atoms with van der Waals surface area (Å²) in [7, 11) is 1.54. The van der Waals surface area contributed by atoms with Crippen LogP contribution in [-0.2, 0) is 17.9 Å². The van der Waals surface area contributed by atoms with Crippen LogP contribution < -0.4 is 31.9 Å². The van der Waals surface area contributed by atoms with Crippen LogP contribution >= 0.6 is 0 Å². The van der Waals surface area contributed by atoms with E-state index in [2.05, 4.69) is 10.3 Å². The number of benzene rings is 2. The molecule has 180 valence electrons. The molecule has 2 aromatic carbocycles. The molecule has 0 aliphatic carbocycles. The van der Waals surface area contributed by atoms with Crippen molar-refractivity contribution in [2.75, 3.05) is 29.6 Å². The molecule has 9 nitrogen and oxygen atoms in total. The van der Waals surface area contributed by atoms with E-state index in [-0.39, 0.29) is 30.4 Å². The molecule has 9 heteroatoms. The summed E-state index contributed by atoms with van der Waals surface area (Å²) in [4.78, 5) is 42.1. The smallest absolute Gasteiger partial charge is 0.330 e. The van der Waals surface area contributed by atoms with Gasteiger partial charge in [0.15, 0.2) is 0 Å². The highest BCUT2D eigenvalue weighted by Crippen LogP contribution is 2.24. The number of methoxy groups -OCH3 is 1. The first kappa shape index (κ1) is 24.6. The number of para-hydroxylation sites is 2. The van der Waals surface area contributed by atoms with Crippen molar-refractivity contribution in [3.8, 4) is 5.75 Å². The zero-order valence-electron chi connectivity index (χ0n) is 19.5. The van der Waals surface area contributed by atoms with Crippen molar-refractivity contribution in [2.45, 2.75) is 39.3 Å². The lowest BCUT2D eigenvalue weighted by molar-refractivity contribution is -0.116. The van der Waals surface area contributed by atoms with Crippen LogP contribution in [0.15, 0.2) is 64.2 Å². The summed E-state index contributed by atoms with van der Waals surface area (Å²) in [6.45, 7) is 2.98. The molecular weight excluding hydrogens is 434 g/mol. The van der Waals surface area contributed by atoms with Gasteiger partial charge in [0.05, 0.1) is 12.8 Å². The van der Waals surface area contributed by atoms with E-state index >= 15 is 0 Å². The molecule has 1 aromatic heterocycles. The predicted molar refractivity (Wildman–Crippen MR) is 134 cm³/mol. The Kier molecular flexibility index (Phi) is 8.50. The SMILES string of the molecule is CCCCn1c(N)c(N(CCC(=O)Nc2ccccc2OC)Cc2ccccc2)c(=O)[nH]c1=O. The maximum Gasteiger partial charge on any atom is 0.330 e. The number of aromatic amines is 1. The highest BCUT2D eigenvalue weighted by atomic mass is 16.5. The number of carbonyl (C=O) groups excluding carboxylic acids is 1. The molecule has 0 bridgehead atoms. The fourth-order valence-electron chi connectivity index (χ4n) is 3.69. The van der Waals surface area contributed by atoms with Gasteiger partial charge in [-0.15, -0.1) is 0 Å². The van der Waals surface area contributed by atoms with Gasteiger partial charge in [0, 0.05) is 26.1 Å². The van der Waals surface area contributed by atoms with E-state index in [0.29, 0.717) is 24.5 Å². The summed E-state index contributed by atoms with van der Waals surface area (Å²) in [5, 5.41) is 2.85. The lowest BCUT2D eigenvalue weighted by Crippen LogP contribution is -2.39. The van der Waals surface area contributed by atoms with Crippen LogP contribution in [0, 0.1) is 0 Å². The van der Waals surface area contributed by atoms with Crippen LogP contribution in [0.4, 0.5) is 17.2 Å². The lowest BCUT2D eigenvalue weighted by Gasteiger charge is -2.26. The largest absolute Gasteiger partial charge is 0.495 e. The number of nitrogens with one attached hydrogen (secondary N) is 2. The van der Waals surface area contributed by atoms with Gasteiger partial charge in [-0.2, -0.15) is 0 Å². The van der Waals surface area contributed by atoms with Crippen LogP contribution in [0.3, 0.4) is 0 Å². The highest BCUT2D eigenvalue weighted by Gasteiger charge is 2.20. The van der Waals surface area contributed by atoms with Crippen LogP contribution in [-0.4, -0.2) is 29.1 Å². The van der Waals surface area contributed by atoms with Gasteiger partial charge in [-0.05, 0) is 24.1 Å². The molecule has 3 aromatic rings. The van der Waals surface area contributed by atoms with Crippen molar-refractivity contribution in [3.63, 3.8) is 0 Å². The summed E-state index contributed by atoms with van der Waals surface area (Å²) in [6.07, 6.45) is 1.71. The monoisotopic (exact) mass is 465 g/mol. The normalized spacial score (nSPS) is 10.6. The number of rotatable bonds is 11. The van der Waals surface area contributed by atoms with Crippen LogP contribution in [0.1, 0.15) is 31.7 Å². The molecule has 34 heavy (non-hydrogen) atoms. The first-order chi connectivity index (χ1) is 16.4. The van der Waals surface area contributed by atoms with Crippen molar-refractivity contribution in [1.29, 1.82) is 0 Å². The summed E-state index contributed by atoms with van der Waals surface area (Å²) in [5.41, 5.74) is 6.92. The third kappa shape index (κ3) is 6.06. The fourth-order valence-corrected chi connectivity index (χ4v) is 3.69. The fraction of sp³-hybridized carbons (Fsp3) is 0.320. The maximum atomic E-state index is 12.8. The van der Waals surface area contributed by atoms with Gasteiger partial charge in [0.25, 0.3) is 5.56 Å². The van der Waals surface area contributed by atoms with E-state index in [0.717, 1.165) is 18.4 Å². The van der Waals surface area contributed by atoms with Crippen LogP contribution in [0.2, 0.25) is 0 Å². The summed E-state index contributed by atoms with van der Waals surface area (Å²) in [5.74, 6) is 0.417. The number of unbranched alkanes of at least 4 members (excludes halogenated alkanes) is 1. The van der Waals surface area contributed by atoms with Gasteiger partial charge in [-0.25, -0.2) is 4.79 Å². The number of nitrogens with zero attached hydrogens (tertiary/aromatic N) is 2. The minimum atomic E-state index is -0.573. The van der Waals surface area contributed by atoms with Crippen LogP contribution in [0.25, 0.3) is 0 Å². The Labute approximate surface area is 198 Å². The number of hydrogen-bond acceptors (Lipinski definition) is 6. The number of hydrogen-bond donors (Lipinski definition) is 3. The first-order valence-electron chi connectivity index (χ1n) is 11.3. The lowest BCUT2D eigenvalue weighted by atomic mass is 10.2. The summed E-state index contributed by atoms with van der Waals surface area (Å²) < 4.78 is 6.67. The number of nitrogens with two attached hydrogens (primary N) is 1. The van der Waals surface area contributed by atoms with Gasteiger partial charge in [-0.1, -0.05) is 55.8 Å². The average molecular weight is 466 g/mol. The minimum absolute atomic E-state index is 0.0951. The quantitative estimate of drug-likeness (QED) is 0.400. The zero-order chi connectivity index (χ0) is 24.5. The molecular formula is C25H31N5O4. The predicted octanol–water partition coefficient (Wildman–Crippen LogP) is 2.96. The van der Waals surface area contributed by atoms with E-state index in [1.54, 1.807) is 23.1 Å². The Balaban J connectivity index is 1.88. The summed E-state index contributed by atoms with van der Waals surface area (Å²) in [6, 6.07) is 16.7. The average Bonchev–Trinajstić information content (AvgIpc) is 2.83. The molecule has 0 atom stereocenters. The van der Waals surface area contributed by atoms with Crippen molar-refractivity contribution < 1.29 is 9.53 Å². The van der Waals surface area contributed by atoms with Gasteiger partial charge in [0.2, 0.25) is 5.91 Å². The minimum Gasteiger partial charge on any atom is -0.495 e. The molecule has 0 fully saturated rings.